The van der Waals surface area contributed by atoms with Gasteiger partial charge < -0.3 is 15.0 Å². The summed E-state index contributed by atoms with van der Waals surface area (Å²) in [5.41, 5.74) is 3.44. The van der Waals surface area contributed by atoms with E-state index in [0.717, 1.165) is 29.4 Å². The SMILES string of the molecule is CCCNC(=O)C(Cc1ccccc1)N(Cc1ccccc1C)C(=O)CCCN(c1ccc(OC)cc1)S(C)(=O)=O. The molecule has 0 radical (unpaired) electrons. The molecule has 41 heavy (non-hydrogen) atoms. The number of hydrogen-bond donors (Lipinski definition) is 1. The van der Waals surface area contributed by atoms with Gasteiger partial charge >= 0.3 is 0 Å². The summed E-state index contributed by atoms with van der Waals surface area (Å²) in [7, 11) is -2.04. The molecular formula is C32H41N3O5S. The van der Waals surface area contributed by atoms with Gasteiger partial charge in [-0.2, -0.15) is 0 Å². The van der Waals surface area contributed by atoms with E-state index in [4.69, 9.17) is 4.74 Å². The molecule has 9 heteroatoms. The zero-order chi connectivity index (χ0) is 29.8. The zero-order valence-corrected chi connectivity index (χ0v) is 25.2. The van der Waals surface area contributed by atoms with Crippen LogP contribution in [0, 0.1) is 6.92 Å². The Bertz CT molecular complexity index is 1380. The van der Waals surface area contributed by atoms with Crippen LogP contribution in [0.15, 0.2) is 78.9 Å². The van der Waals surface area contributed by atoms with E-state index in [1.807, 2.05) is 68.4 Å². The first-order valence-corrected chi connectivity index (χ1v) is 15.8. The van der Waals surface area contributed by atoms with Gasteiger partial charge in [0.1, 0.15) is 11.8 Å². The number of nitrogens with zero attached hydrogens (tertiary/aromatic N) is 2. The van der Waals surface area contributed by atoms with E-state index in [1.165, 1.54) is 4.31 Å². The lowest BCUT2D eigenvalue weighted by Gasteiger charge is -2.32. The molecule has 3 aromatic carbocycles. The Kier molecular flexibility index (Phi) is 11.8. The van der Waals surface area contributed by atoms with Gasteiger partial charge in [-0.15, -0.1) is 0 Å². The monoisotopic (exact) mass is 579 g/mol. The fourth-order valence-electron chi connectivity index (χ4n) is 4.64. The first-order valence-electron chi connectivity index (χ1n) is 13.9. The van der Waals surface area contributed by atoms with Crippen molar-refractivity contribution in [3.8, 4) is 5.75 Å². The summed E-state index contributed by atoms with van der Waals surface area (Å²) in [5.74, 6) is 0.215. The van der Waals surface area contributed by atoms with E-state index in [0.29, 0.717) is 24.4 Å². The first kappa shape index (κ1) is 31.7. The lowest BCUT2D eigenvalue weighted by molar-refractivity contribution is -0.141. The van der Waals surface area contributed by atoms with Gasteiger partial charge in [-0.1, -0.05) is 61.5 Å². The van der Waals surface area contributed by atoms with Gasteiger partial charge in [-0.25, -0.2) is 8.42 Å². The Morgan fingerprint density at radius 2 is 1.61 bits per heavy atom. The Balaban J connectivity index is 1.87. The molecular weight excluding hydrogens is 538 g/mol. The van der Waals surface area contributed by atoms with Crippen LogP contribution in [0.2, 0.25) is 0 Å². The number of aryl methyl sites for hydroxylation is 1. The third-order valence-corrected chi connectivity index (χ3v) is 8.13. The molecule has 1 atom stereocenters. The molecule has 0 aliphatic rings. The number of anilines is 1. The number of nitrogens with one attached hydrogen (secondary N) is 1. The second-order valence-corrected chi connectivity index (χ2v) is 12.0. The number of benzene rings is 3. The number of sulfonamides is 1. The van der Waals surface area contributed by atoms with Crippen molar-refractivity contribution in [1.29, 1.82) is 0 Å². The molecule has 0 spiro atoms. The summed E-state index contributed by atoms with van der Waals surface area (Å²) in [5, 5.41) is 2.98. The third kappa shape index (κ3) is 9.35. The number of ether oxygens (including phenoxy) is 1. The third-order valence-electron chi connectivity index (χ3n) is 6.93. The van der Waals surface area contributed by atoms with Crippen molar-refractivity contribution >= 4 is 27.5 Å². The maximum absolute atomic E-state index is 13.9. The zero-order valence-electron chi connectivity index (χ0n) is 24.4. The van der Waals surface area contributed by atoms with Crippen LogP contribution in [-0.2, 0) is 32.6 Å². The maximum Gasteiger partial charge on any atom is 0.243 e. The summed E-state index contributed by atoms with van der Waals surface area (Å²) in [6.07, 6.45) is 2.67. The minimum absolute atomic E-state index is 0.0837. The van der Waals surface area contributed by atoms with Crippen molar-refractivity contribution in [2.75, 3.05) is 30.8 Å². The van der Waals surface area contributed by atoms with E-state index in [-0.39, 0.29) is 37.7 Å². The number of carbonyl (C=O) groups excluding carboxylic acids is 2. The molecule has 3 aromatic rings. The summed E-state index contributed by atoms with van der Waals surface area (Å²) in [6, 6.07) is 23.5. The normalized spacial score (nSPS) is 11.9. The highest BCUT2D eigenvalue weighted by Gasteiger charge is 2.30. The summed E-state index contributed by atoms with van der Waals surface area (Å²) >= 11 is 0. The second-order valence-electron chi connectivity index (χ2n) is 10.1. The molecule has 1 unspecified atom stereocenters. The molecule has 0 bridgehead atoms. The second kappa shape index (κ2) is 15.2. The molecule has 0 heterocycles. The highest BCUT2D eigenvalue weighted by molar-refractivity contribution is 7.92. The van der Waals surface area contributed by atoms with Crippen LogP contribution in [0.1, 0.15) is 42.9 Å². The molecule has 0 aliphatic carbocycles. The van der Waals surface area contributed by atoms with Crippen LogP contribution in [0.4, 0.5) is 5.69 Å². The van der Waals surface area contributed by atoms with Gasteiger partial charge in [0, 0.05) is 32.5 Å². The molecule has 0 aliphatic heterocycles. The Hall–Kier alpha value is -3.85. The van der Waals surface area contributed by atoms with Crippen LogP contribution >= 0.6 is 0 Å². The number of rotatable bonds is 15. The van der Waals surface area contributed by atoms with Crippen LogP contribution in [0.5, 0.6) is 5.75 Å². The fraction of sp³-hybridized carbons (Fsp3) is 0.375. The molecule has 1 N–H and O–H groups in total. The molecule has 0 aromatic heterocycles. The van der Waals surface area contributed by atoms with E-state index in [2.05, 4.69) is 5.32 Å². The summed E-state index contributed by atoms with van der Waals surface area (Å²) in [4.78, 5) is 29.0. The molecule has 2 amide bonds. The summed E-state index contributed by atoms with van der Waals surface area (Å²) < 4.78 is 31.7. The number of amides is 2. The number of methoxy groups -OCH3 is 1. The van der Waals surface area contributed by atoms with Gasteiger partial charge in [0.2, 0.25) is 21.8 Å². The van der Waals surface area contributed by atoms with Gasteiger partial charge in [-0.3, -0.25) is 13.9 Å². The fourth-order valence-corrected chi connectivity index (χ4v) is 5.61. The van der Waals surface area contributed by atoms with Gasteiger partial charge in [0.25, 0.3) is 0 Å². The predicted octanol–water partition coefficient (Wildman–Crippen LogP) is 4.72. The standard InChI is InChI=1S/C32H41N3O5S/c1-5-21-33-32(37)30(23-26-13-7-6-8-14-26)34(24-27-15-10-9-12-25(27)2)31(36)16-11-22-35(41(4,38)39)28-17-19-29(40-3)20-18-28/h6-10,12-15,17-20,30H,5,11,16,21-24H2,1-4H3,(H,33,37). The van der Waals surface area contributed by atoms with Gasteiger partial charge in [0.05, 0.1) is 19.1 Å². The number of carbonyl (C=O) groups is 2. The predicted molar refractivity (Wildman–Crippen MR) is 163 cm³/mol. The van der Waals surface area contributed by atoms with E-state index < -0.39 is 16.1 Å². The van der Waals surface area contributed by atoms with Crippen molar-refractivity contribution in [3.63, 3.8) is 0 Å². The highest BCUT2D eigenvalue weighted by atomic mass is 32.2. The smallest absolute Gasteiger partial charge is 0.243 e. The van der Waals surface area contributed by atoms with Crippen LogP contribution in [0.25, 0.3) is 0 Å². The van der Waals surface area contributed by atoms with Crippen molar-refractivity contribution in [1.82, 2.24) is 10.2 Å². The van der Waals surface area contributed by atoms with E-state index in [9.17, 15) is 18.0 Å². The Morgan fingerprint density at radius 3 is 2.22 bits per heavy atom. The van der Waals surface area contributed by atoms with E-state index >= 15 is 0 Å². The summed E-state index contributed by atoms with van der Waals surface area (Å²) in [6.45, 7) is 4.89. The quantitative estimate of drug-likeness (QED) is 0.281. The van der Waals surface area contributed by atoms with Gasteiger partial charge in [-0.05, 0) is 60.7 Å². The molecule has 8 nitrogen and oxygen atoms in total. The Labute approximate surface area is 244 Å². The van der Waals surface area contributed by atoms with Crippen molar-refractivity contribution in [2.45, 2.75) is 52.1 Å². The van der Waals surface area contributed by atoms with Crippen LogP contribution in [-0.4, -0.2) is 57.6 Å². The van der Waals surface area contributed by atoms with Crippen molar-refractivity contribution in [2.24, 2.45) is 0 Å². The molecule has 0 saturated heterocycles. The number of hydrogen-bond acceptors (Lipinski definition) is 5. The lowest BCUT2D eigenvalue weighted by atomic mass is 10.0. The average molecular weight is 580 g/mol. The van der Waals surface area contributed by atoms with Crippen molar-refractivity contribution < 1.29 is 22.7 Å². The molecule has 0 saturated carbocycles. The average Bonchev–Trinajstić information content (AvgIpc) is 2.96. The molecule has 0 fully saturated rings. The molecule has 3 rings (SSSR count). The van der Waals surface area contributed by atoms with E-state index in [1.54, 1.807) is 36.3 Å². The topological polar surface area (TPSA) is 96.0 Å². The lowest BCUT2D eigenvalue weighted by Crippen LogP contribution is -2.50. The van der Waals surface area contributed by atoms with Crippen LogP contribution in [0.3, 0.4) is 0 Å². The first-order chi connectivity index (χ1) is 19.6. The maximum atomic E-state index is 13.9. The van der Waals surface area contributed by atoms with Crippen molar-refractivity contribution in [3.05, 3.63) is 95.6 Å². The highest BCUT2D eigenvalue weighted by Crippen LogP contribution is 2.23. The largest absolute Gasteiger partial charge is 0.497 e. The van der Waals surface area contributed by atoms with Gasteiger partial charge in [0.15, 0.2) is 0 Å². The van der Waals surface area contributed by atoms with Crippen LogP contribution < -0.4 is 14.4 Å². The Morgan fingerprint density at radius 1 is 0.951 bits per heavy atom. The minimum atomic E-state index is -3.59. The minimum Gasteiger partial charge on any atom is -0.497 e. The molecule has 220 valence electrons.